The fraction of sp³-hybridized carbons (Fsp3) is 0.172. The molecule has 178 valence electrons. The number of para-hydroxylation sites is 2. The van der Waals surface area contributed by atoms with E-state index in [-0.39, 0.29) is 0 Å². The maximum Gasteiger partial charge on any atom is 0.344 e. The molecule has 0 radical (unpaired) electrons. The second-order valence-electron chi connectivity index (χ2n) is 8.24. The predicted molar refractivity (Wildman–Crippen MR) is 143 cm³/mol. The van der Waals surface area contributed by atoms with Crippen LogP contribution in [0.4, 0.5) is 11.4 Å². The third-order valence-corrected chi connectivity index (χ3v) is 5.77. The Hall–Kier alpha value is -3.83. The van der Waals surface area contributed by atoms with E-state index in [4.69, 9.17) is 16.3 Å². The van der Waals surface area contributed by atoms with E-state index in [0.717, 1.165) is 40.7 Å². The monoisotopic (exact) mass is 486 g/mol. The number of nitrogens with one attached hydrogen (secondary N) is 1. The predicted octanol–water partition coefficient (Wildman–Crippen LogP) is 7.82. The first-order valence-electron chi connectivity index (χ1n) is 11.6. The Morgan fingerprint density at radius 3 is 2.71 bits per heavy atom. The number of anilines is 2. The Bertz CT molecular complexity index is 1350. The van der Waals surface area contributed by atoms with Crippen LogP contribution < -0.4 is 10.1 Å². The zero-order valence-electron chi connectivity index (χ0n) is 19.4. The number of unbranched alkanes of at least 4 members (excludes halogenated alkanes) is 1. The largest absolute Gasteiger partial charge is 0.479 e. The number of aliphatic carboxylic acids is 1. The lowest BCUT2D eigenvalue weighted by Crippen LogP contribution is -2.27. The molecule has 1 aromatic heterocycles. The average Bonchev–Trinajstić information content (AvgIpc) is 2.86. The number of carboxylic acid groups (broad SMARTS) is 1. The molecular formula is C29H27ClN2O3. The van der Waals surface area contributed by atoms with Gasteiger partial charge in [-0.15, -0.1) is 0 Å². The summed E-state index contributed by atoms with van der Waals surface area (Å²) in [5.41, 5.74) is 4.26. The fourth-order valence-electron chi connectivity index (χ4n) is 3.70. The molecule has 0 bridgehead atoms. The highest BCUT2D eigenvalue weighted by atomic mass is 35.5. The van der Waals surface area contributed by atoms with E-state index < -0.39 is 12.1 Å². The van der Waals surface area contributed by atoms with Crippen molar-refractivity contribution in [2.75, 3.05) is 5.32 Å². The molecule has 2 N–H and O–H groups in total. The van der Waals surface area contributed by atoms with Crippen molar-refractivity contribution >= 4 is 52.0 Å². The standard InChI is InChI=1S/C29H27ClN2O3/c1-2-3-10-28(29(33)34)35-27-11-5-4-9-25(27)32-24-8-6-7-20(18-24)12-16-23-17-14-21-13-15-22(30)19-26(21)31-23/h4-9,11-19,28,32H,2-3,10H2,1H3,(H,33,34)/b16-12+. The van der Waals surface area contributed by atoms with E-state index in [1.165, 1.54) is 0 Å². The Labute approximate surface area is 210 Å². The third kappa shape index (κ3) is 6.61. The molecule has 5 nitrogen and oxygen atoms in total. The molecule has 0 saturated carbocycles. The van der Waals surface area contributed by atoms with Gasteiger partial charge in [0.05, 0.1) is 16.9 Å². The molecular weight excluding hydrogens is 460 g/mol. The van der Waals surface area contributed by atoms with E-state index >= 15 is 0 Å². The lowest BCUT2D eigenvalue weighted by atomic mass is 10.1. The Morgan fingerprint density at radius 2 is 1.89 bits per heavy atom. The van der Waals surface area contributed by atoms with E-state index in [1.54, 1.807) is 6.07 Å². The number of pyridine rings is 1. The molecule has 0 fully saturated rings. The van der Waals surface area contributed by atoms with Gasteiger partial charge in [0.25, 0.3) is 0 Å². The van der Waals surface area contributed by atoms with E-state index in [1.807, 2.05) is 91.9 Å². The highest BCUT2D eigenvalue weighted by molar-refractivity contribution is 6.31. The van der Waals surface area contributed by atoms with Crippen LogP contribution >= 0.6 is 11.6 Å². The summed E-state index contributed by atoms with van der Waals surface area (Å²) in [6.45, 7) is 2.03. The van der Waals surface area contributed by atoms with Crippen molar-refractivity contribution in [3.63, 3.8) is 0 Å². The van der Waals surface area contributed by atoms with E-state index in [9.17, 15) is 9.90 Å². The highest BCUT2D eigenvalue weighted by Crippen LogP contribution is 2.29. The van der Waals surface area contributed by atoms with Gasteiger partial charge >= 0.3 is 5.97 Å². The molecule has 4 rings (SSSR count). The van der Waals surface area contributed by atoms with Crippen LogP contribution in [-0.4, -0.2) is 22.2 Å². The zero-order valence-corrected chi connectivity index (χ0v) is 20.2. The number of hydrogen-bond acceptors (Lipinski definition) is 4. The van der Waals surface area contributed by atoms with Gasteiger partial charge in [-0.3, -0.25) is 0 Å². The van der Waals surface area contributed by atoms with Crippen LogP contribution in [0.25, 0.3) is 23.1 Å². The minimum Gasteiger partial charge on any atom is -0.479 e. The molecule has 3 aromatic carbocycles. The quantitative estimate of drug-likeness (QED) is 0.239. The smallest absolute Gasteiger partial charge is 0.344 e. The molecule has 6 heteroatoms. The summed E-state index contributed by atoms with van der Waals surface area (Å²) in [4.78, 5) is 16.3. The van der Waals surface area contributed by atoms with Gasteiger partial charge in [0, 0.05) is 16.1 Å². The molecule has 1 heterocycles. The molecule has 0 amide bonds. The molecule has 0 aliphatic rings. The summed E-state index contributed by atoms with van der Waals surface area (Å²) in [5.74, 6) is -0.444. The number of carboxylic acids is 1. The second kappa shape index (κ2) is 11.5. The normalized spacial score (nSPS) is 12.1. The summed E-state index contributed by atoms with van der Waals surface area (Å²) in [5, 5.41) is 14.6. The van der Waals surface area contributed by atoms with Crippen molar-refractivity contribution in [3.05, 3.63) is 95.1 Å². The topological polar surface area (TPSA) is 71.5 Å². The molecule has 0 saturated heterocycles. The van der Waals surface area contributed by atoms with Gasteiger partial charge in [-0.05, 0) is 66.9 Å². The number of nitrogens with zero attached hydrogens (tertiary/aromatic N) is 1. The van der Waals surface area contributed by atoms with Gasteiger partial charge in [-0.2, -0.15) is 0 Å². The molecule has 35 heavy (non-hydrogen) atoms. The average molecular weight is 487 g/mol. The SMILES string of the molecule is CCCCC(Oc1ccccc1Nc1cccc(/C=C/c2ccc3ccc(Cl)cc3n2)c1)C(=O)O. The first kappa shape index (κ1) is 24.3. The maximum atomic E-state index is 11.6. The summed E-state index contributed by atoms with van der Waals surface area (Å²) < 4.78 is 5.87. The number of carbonyl (C=O) groups is 1. The van der Waals surface area contributed by atoms with Crippen LogP contribution in [0.3, 0.4) is 0 Å². The summed E-state index contributed by atoms with van der Waals surface area (Å²) in [7, 11) is 0. The van der Waals surface area contributed by atoms with Gasteiger partial charge in [0.15, 0.2) is 6.10 Å². The molecule has 0 aliphatic heterocycles. The zero-order chi connectivity index (χ0) is 24.6. The summed E-state index contributed by atoms with van der Waals surface area (Å²) >= 11 is 6.10. The molecule has 0 spiro atoms. The van der Waals surface area contributed by atoms with Crippen LogP contribution in [-0.2, 0) is 4.79 Å². The number of rotatable bonds is 10. The van der Waals surface area contributed by atoms with Crippen LogP contribution in [0.1, 0.15) is 37.4 Å². The first-order valence-corrected chi connectivity index (χ1v) is 12.0. The lowest BCUT2D eigenvalue weighted by Gasteiger charge is -2.18. The summed E-state index contributed by atoms with van der Waals surface area (Å²) in [6.07, 6.45) is 5.25. The Kier molecular flexibility index (Phi) is 8.01. The van der Waals surface area contributed by atoms with Crippen molar-refractivity contribution < 1.29 is 14.6 Å². The molecule has 0 aliphatic carbocycles. The van der Waals surface area contributed by atoms with Crippen molar-refractivity contribution in [1.82, 2.24) is 4.98 Å². The van der Waals surface area contributed by atoms with E-state index in [2.05, 4.69) is 10.3 Å². The fourth-order valence-corrected chi connectivity index (χ4v) is 3.87. The van der Waals surface area contributed by atoms with Crippen LogP contribution in [0.5, 0.6) is 5.75 Å². The minimum absolute atomic E-state index is 0.468. The summed E-state index contributed by atoms with van der Waals surface area (Å²) in [6, 6.07) is 25.0. The van der Waals surface area contributed by atoms with Gasteiger partial charge in [-0.1, -0.05) is 67.4 Å². The Balaban J connectivity index is 1.51. The highest BCUT2D eigenvalue weighted by Gasteiger charge is 2.20. The maximum absolute atomic E-state index is 11.6. The lowest BCUT2D eigenvalue weighted by molar-refractivity contribution is -0.145. The van der Waals surface area contributed by atoms with Gasteiger partial charge < -0.3 is 15.2 Å². The minimum atomic E-state index is -0.954. The first-order chi connectivity index (χ1) is 17.0. The molecule has 1 atom stereocenters. The van der Waals surface area contributed by atoms with Crippen LogP contribution in [0.2, 0.25) is 5.02 Å². The number of ether oxygens (including phenoxy) is 1. The van der Waals surface area contributed by atoms with Crippen LogP contribution in [0, 0.1) is 0 Å². The molecule has 1 unspecified atom stereocenters. The van der Waals surface area contributed by atoms with E-state index in [0.29, 0.717) is 22.9 Å². The number of benzene rings is 3. The number of fused-ring (bicyclic) bond motifs is 1. The van der Waals surface area contributed by atoms with Crippen molar-refractivity contribution in [2.45, 2.75) is 32.3 Å². The van der Waals surface area contributed by atoms with Crippen molar-refractivity contribution in [3.8, 4) is 5.75 Å². The van der Waals surface area contributed by atoms with Gasteiger partial charge in [-0.25, -0.2) is 9.78 Å². The van der Waals surface area contributed by atoms with Crippen molar-refractivity contribution in [2.24, 2.45) is 0 Å². The Morgan fingerprint density at radius 1 is 1.06 bits per heavy atom. The third-order valence-electron chi connectivity index (χ3n) is 5.54. The van der Waals surface area contributed by atoms with Gasteiger partial charge in [0.2, 0.25) is 0 Å². The number of hydrogen-bond donors (Lipinski definition) is 2. The van der Waals surface area contributed by atoms with Gasteiger partial charge in [0.1, 0.15) is 5.75 Å². The molecule has 4 aromatic rings. The van der Waals surface area contributed by atoms with Crippen LogP contribution in [0.15, 0.2) is 78.9 Å². The second-order valence-corrected chi connectivity index (χ2v) is 8.68. The van der Waals surface area contributed by atoms with Crippen molar-refractivity contribution in [1.29, 1.82) is 0 Å². The number of aromatic nitrogens is 1. The number of halogens is 1.